The predicted octanol–water partition coefficient (Wildman–Crippen LogP) is 1.47. The zero-order valence-corrected chi connectivity index (χ0v) is 9.55. The Hall–Kier alpha value is -2.02. The van der Waals surface area contributed by atoms with E-state index in [4.69, 9.17) is 5.11 Å². The number of likely N-dealkylation sites (N-methyl/N-ethyl adjacent to an activating group) is 1. The number of nitrogens with zero attached hydrogens (tertiary/aromatic N) is 1. The minimum absolute atomic E-state index is 0.0541. The van der Waals surface area contributed by atoms with E-state index in [9.17, 15) is 18.4 Å². The molecule has 0 saturated carbocycles. The number of alkyl halides is 2. The fraction of sp³-hybridized carbons (Fsp3) is 0.273. The Balaban J connectivity index is 2.94. The van der Waals surface area contributed by atoms with Gasteiger partial charge in [-0.25, -0.2) is 14.1 Å². The van der Waals surface area contributed by atoms with Crippen LogP contribution in [-0.2, 0) is 9.59 Å². The summed E-state index contributed by atoms with van der Waals surface area (Å²) >= 11 is 0. The van der Waals surface area contributed by atoms with Crippen LogP contribution in [0, 0.1) is 0 Å². The molecule has 1 N–H and O–H groups in total. The minimum Gasteiger partial charge on any atom is -0.477 e. The van der Waals surface area contributed by atoms with Gasteiger partial charge in [0.2, 0.25) is 0 Å². The molecule has 0 heterocycles. The monoisotopic (exact) mass is 260 g/mol. The van der Waals surface area contributed by atoms with Crippen LogP contribution >= 0.6 is 0 Å². The first-order chi connectivity index (χ1) is 8.37. The van der Waals surface area contributed by atoms with Crippen molar-refractivity contribution in [2.75, 3.05) is 13.6 Å². The van der Waals surface area contributed by atoms with Gasteiger partial charge in [-0.2, -0.15) is 8.78 Å². The zero-order valence-electron chi connectivity index (χ0n) is 9.55. The van der Waals surface area contributed by atoms with Crippen molar-refractivity contribution < 1.29 is 28.2 Å². The van der Waals surface area contributed by atoms with Crippen LogP contribution in [0.5, 0.6) is 5.75 Å². The Bertz CT molecular complexity index is 435. The molecule has 18 heavy (non-hydrogen) atoms. The molecule has 1 rings (SSSR count). The van der Waals surface area contributed by atoms with Gasteiger partial charge in [0, 0.05) is 12.1 Å². The summed E-state index contributed by atoms with van der Waals surface area (Å²) in [5, 5.41) is 8.72. The summed E-state index contributed by atoms with van der Waals surface area (Å²) in [5.74, 6) is -1.20. The standard InChI is InChI=1S/C11H11F2NO4/c1-14(7-15,6-10(16)17)8-2-4-9(5-3-8)18-11(12)13/h2-5,7,11H,6H2,1H3/p+1. The maximum Gasteiger partial charge on any atom is 0.387 e. The number of amides is 1. The van der Waals surface area contributed by atoms with E-state index >= 15 is 0 Å². The van der Waals surface area contributed by atoms with Crippen LogP contribution in [0.25, 0.3) is 0 Å². The number of hydrogen-bond donors (Lipinski definition) is 1. The van der Waals surface area contributed by atoms with Gasteiger partial charge in [-0.1, -0.05) is 0 Å². The summed E-state index contributed by atoms with van der Waals surface area (Å²) in [7, 11) is 1.41. The second kappa shape index (κ2) is 5.54. The van der Waals surface area contributed by atoms with Gasteiger partial charge >= 0.3 is 19.0 Å². The Morgan fingerprint density at radius 2 is 2.00 bits per heavy atom. The number of carboxylic acids is 1. The first kappa shape index (κ1) is 14.0. The molecule has 1 aromatic carbocycles. The molecule has 0 bridgehead atoms. The Kier molecular flexibility index (Phi) is 4.33. The number of rotatable bonds is 6. The predicted molar refractivity (Wildman–Crippen MR) is 59.4 cm³/mol. The van der Waals surface area contributed by atoms with Crippen LogP contribution in [-0.4, -0.2) is 37.7 Å². The summed E-state index contributed by atoms with van der Waals surface area (Å²) < 4.78 is 27.5. The number of quaternary nitrogens is 1. The largest absolute Gasteiger partial charge is 0.477 e. The molecule has 1 unspecified atom stereocenters. The molecule has 0 aliphatic heterocycles. The molecular formula is C11H12F2NO4+. The number of carbonyl (C=O) groups excluding carboxylic acids is 1. The highest BCUT2D eigenvalue weighted by Crippen LogP contribution is 2.23. The fourth-order valence-electron chi connectivity index (χ4n) is 1.44. The van der Waals surface area contributed by atoms with Gasteiger partial charge in [-0.15, -0.1) is 0 Å². The Morgan fingerprint density at radius 3 is 2.39 bits per heavy atom. The van der Waals surface area contributed by atoms with Crippen LogP contribution in [0.15, 0.2) is 24.3 Å². The number of ether oxygens (including phenoxy) is 1. The maximum atomic E-state index is 11.9. The average molecular weight is 260 g/mol. The van der Waals surface area contributed by atoms with Crippen molar-refractivity contribution >= 4 is 18.1 Å². The SMILES string of the molecule is C[N+](C=O)(CC(=O)O)c1ccc(OC(F)F)cc1. The van der Waals surface area contributed by atoms with Crippen molar-refractivity contribution in [2.24, 2.45) is 0 Å². The molecule has 98 valence electrons. The van der Waals surface area contributed by atoms with Crippen molar-refractivity contribution in [1.29, 1.82) is 0 Å². The minimum atomic E-state index is -2.93. The smallest absolute Gasteiger partial charge is 0.387 e. The van der Waals surface area contributed by atoms with E-state index < -0.39 is 23.6 Å². The number of hydrogen-bond acceptors (Lipinski definition) is 3. The molecule has 0 aromatic heterocycles. The molecule has 5 nitrogen and oxygen atoms in total. The lowest BCUT2D eigenvalue weighted by atomic mass is 10.2. The van der Waals surface area contributed by atoms with Gasteiger partial charge in [0.1, 0.15) is 11.4 Å². The first-order valence-electron chi connectivity index (χ1n) is 4.96. The number of benzene rings is 1. The van der Waals surface area contributed by atoms with E-state index in [0.717, 1.165) is 0 Å². The van der Waals surface area contributed by atoms with Crippen molar-refractivity contribution in [2.45, 2.75) is 6.61 Å². The highest BCUT2D eigenvalue weighted by molar-refractivity contribution is 5.80. The fourth-order valence-corrected chi connectivity index (χ4v) is 1.44. The van der Waals surface area contributed by atoms with Gasteiger partial charge in [0.05, 0.1) is 7.05 Å². The molecule has 7 heteroatoms. The number of carboxylic acid groups (broad SMARTS) is 1. The Morgan fingerprint density at radius 1 is 1.44 bits per heavy atom. The van der Waals surface area contributed by atoms with Gasteiger partial charge in [0.15, 0.2) is 6.54 Å². The highest BCUT2D eigenvalue weighted by Gasteiger charge is 2.28. The second-order valence-electron chi connectivity index (χ2n) is 3.80. The number of aliphatic carboxylic acids is 1. The van der Waals surface area contributed by atoms with Gasteiger partial charge < -0.3 is 9.84 Å². The quantitative estimate of drug-likeness (QED) is 0.621. The van der Waals surface area contributed by atoms with Crippen molar-refractivity contribution in [3.8, 4) is 5.75 Å². The molecule has 0 saturated heterocycles. The summed E-state index contributed by atoms with van der Waals surface area (Å²) in [6, 6.07) is 5.25. The summed E-state index contributed by atoms with van der Waals surface area (Å²) in [6.45, 7) is -3.36. The molecule has 0 fully saturated rings. The van der Waals surface area contributed by atoms with Gasteiger partial charge in [-0.05, 0) is 12.1 Å². The van der Waals surface area contributed by atoms with E-state index in [-0.39, 0.29) is 5.75 Å². The Labute approximate surface area is 102 Å². The van der Waals surface area contributed by atoms with E-state index in [2.05, 4.69) is 4.74 Å². The normalized spacial score (nSPS) is 14.0. The second-order valence-corrected chi connectivity index (χ2v) is 3.80. The molecular weight excluding hydrogens is 248 g/mol. The van der Waals surface area contributed by atoms with Crippen LogP contribution in [0.2, 0.25) is 0 Å². The summed E-state index contributed by atoms with van der Waals surface area (Å²) in [4.78, 5) is 21.6. The first-order valence-corrected chi connectivity index (χ1v) is 4.96. The molecule has 1 atom stereocenters. The lowest BCUT2D eigenvalue weighted by Crippen LogP contribution is -2.47. The van der Waals surface area contributed by atoms with E-state index in [1.165, 1.54) is 31.3 Å². The number of carbonyl (C=O) groups is 2. The van der Waals surface area contributed by atoms with E-state index in [1.807, 2.05) is 0 Å². The summed E-state index contributed by atoms with van der Waals surface area (Å²) in [5.41, 5.74) is 0.369. The molecule has 0 radical (unpaired) electrons. The summed E-state index contributed by atoms with van der Waals surface area (Å²) in [6.07, 6.45) is 0.469. The van der Waals surface area contributed by atoms with Crippen molar-refractivity contribution in [1.82, 2.24) is 4.48 Å². The molecule has 1 aromatic rings. The third kappa shape index (κ3) is 3.49. The van der Waals surface area contributed by atoms with Crippen molar-refractivity contribution in [3.63, 3.8) is 0 Å². The van der Waals surface area contributed by atoms with Crippen LogP contribution in [0.3, 0.4) is 0 Å². The lowest BCUT2D eigenvalue weighted by Gasteiger charge is -2.24. The van der Waals surface area contributed by atoms with Crippen LogP contribution in [0.4, 0.5) is 14.5 Å². The average Bonchev–Trinajstić information content (AvgIpc) is 2.28. The van der Waals surface area contributed by atoms with Crippen LogP contribution < -0.4 is 9.22 Å². The van der Waals surface area contributed by atoms with Crippen LogP contribution in [0.1, 0.15) is 0 Å². The topological polar surface area (TPSA) is 63.6 Å². The maximum absolute atomic E-state index is 11.9. The lowest BCUT2D eigenvalue weighted by molar-refractivity contribution is -0.139. The number of halogens is 2. The molecule has 0 aliphatic carbocycles. The highest BCUT2D eigenvalue weighted by atomic mass is 19.3. The van der Waals surface area contributed by atoms with Gasteiger partial charge in [0.25, 0.3) is 0 Å². The molecule has 0 spiro atoms. The third-order valence-corrected chi connectivity index (χ3v) is 2.35. The molecule has 1 amide bonds. The van der Waals surface area contributed by atoms with Crippen molar-refractivity contribution in [3.05, 3.63) is 24.3 Å². The van der Waals surface area contributed by atoms with Gasteiger partial charge in [-0.3, -0.25) is 0 Å². The van der Waals surface area contributed by atoms with E-state index in [0.29, 0.717) is 12.1 Å². The van der Waals surface area contributed by atoms with E-state index in [1.54, 1.807) is 0 Å². The molecule has 0 aliphatic rings. The third-order valence-electron chi connectivity index (χ3n) is 2.35. The zero-order chi connectivity index (χ0) is 13.8.